The van der Waals surface area contributed by atoms with E-state index in [-0.39, 0.29) is 0 Å². The van der Waals surface area contributed by atoms with E-state index in [2.05, 4.69) is 16.9 Å². The second-order valence-electron chi connectivity index (χ2n) is 3.71. The van der Waals surface area contributed by atoms with Crippen LogP contribution >= 0.6 is 0 Å². The normalized spacial score (nSPS) is 15.8. The van der Waals surface area contributed by atoms with Gasteiger partial charge < -0.3 is 10.6 Å². The lowest BCUT2D eigenvalue weighted by atomic mass is 10.3. The maximum Gasteiger partial charge on any atom is 0.152 e. The monoisotopic (exact) mass is 177 g/mol. The zero-order valence-corrected chi connectivity index (χ0v) is 8.12. The minimum atomic E-state index is 0.664. The van der Waals surface area contributed by atoms with E-state index in [0.717, 1.165) is 17.2 Å². The van der Waals surface area contributed by atoms with Crippen LogP contribution < -0.4 is 10.6 Å². The molecule has 0 bridgehead atoms. The quantitative estimate of drug-likeness (QED) is 0.745. The Morgan fingerprint density at radius 2 is 2.15 bits per heavy atom. The number of hydrogen-bond acceptors (Lipinski definition) is 3. The second kappa shape index (κ2) is 2.91. The van der Waals surface area contributed by atoms with Gasteiger partial charge in [-0.05, 0) is 31.9 Å². The molecule has 1 heterocycles. The van der Waals surface area contributed by atoms with Gasteiger partial charge in [-0.15, -0.1) is 0 Å². The molecule has 0 saturated heterocycles. The molecule has 1 fully saturated rings. The van der Waals surface area contributed by atoms with Crippen LogP contribution in [0.1, 0.15) is 18.5 Å². The smallest absolute Gasteiger partial charge is 0.152 e. The first kappa shape index (κ1) is 8.35. The van der Waals surface area contributed by atoms with Crippen LogP contribution in [-0.4, -0.2) is 18.1 Å². The van der Waals surface area contributed by atoms with Gasteiger partial charge in [0, 0.05) is 18.8 Å². The van der Waals surface area contributed by atoms with Gasteiger partial charge in [0.15, 0.2) is 5.82 Å². The summed E-state index contributed by atoms with van der Waals surface area (Å²) in [7, 11) is 2.07. The van der Waals surface area contributed by atoms with Gasteiger partial charge in [-0.1, -0.05) is 0 Å². The Morgan fingerprint density at radius 1 is 1.46 bits per heavy atom. The van der Waals surface area contributed by atoms with Gasteiger partial charge in [-0.3, -0.25) is 0 Å². The molecule has 1 aromatic heterocycles. The highest BCUT2D eigenvalue weighted by Gasteiger charge is 2.28. The molecule has 0 unspecified atom stereocenters. The molecule has 3 nitrogen and oxygen atoms in total. The number of rotatable bonds is 2. The largest absolute Gasteiger partial charge is 0.396 e. The number of anilines is 2. The number of nitrogens with two attached hydrogens (primary N) is 1. The lowest BCUT2D eigenvalue weighted by Crippen LogP contribution is -2.22. The van der Waals surface area contributed by atoms with E-state index in [0.29, 0.717) is 6.04 Å². The van der Waals surface area contributed by atoms with Gasteiger partial charge in [0.25, 0.3) is 0 Å². The molecular weight excluding hydrogens is 162 g/mol. The lowest BCUT2D eigenvalue weighted by Gasteiger charge is -2.19. The summed E-state index contributed by atoms with van der Waals surface area (Å²) in [4.78, 5) is 6.62. The predicted molar refractivity (Wildman–Crippen MR) is 54.8 cm³/mol. The van der Waals surface area contributed by atoms with Crippen molar-refractivity contribution in [3.63, 3.8) is 0 Å². The zero-order valence-electron chi connectivity index (χ0n) is 8.12. The third-order valence-electron chi connectivity index (χ3n) is 2.47. The molecule has 2 rings (SSSR count). The van der Waals surface area contributed by atoms with Crippen LogP contribution in [0, 0.1) is 6.92 Å². The van der Waals surface area contributed by atoms with Crippen LogP contribution in [0.2, 0.25) is 0 Å². The average molecular weight is 177 g/mol. The van der Waals surface area contributed by atoms with E-state index in [9.17, 15) is 0 Å². The fourth-order valence-electron chi connectivity index (χ4n) is 1.47. The summed E-state index contributed by atoms with van der Waals surface area (Å²) in [5.41, 5.74) is 7.65. The molecule has 2 N–H and O–H groups in total. The van der Waals surface area contributed by atoms with E-state index < -0.39 is 0 Å². The molecule has 70 valence electrons. The minimum Gasteiger partial charge on any atom is -0.396 e. The number of aromatic nitrogens is 1. The first-order valence-corrected chi connectivity index (χ1v) is 4.64. The summed E-state index contributed by atoms with van der Waals surface area (Å²) in [6, 6.07) is 4.53. The molecule has 13 heavy (non-hydrogen) atoms. The molecule has 0 aromatic carbocycles. The van der Waals surface area contributed by atoms with Crippen molar-refractivity contribution >= 4 is 11.5 Å². The summed E-state index contributed by atoms with van der Waals surface area (Å²) in [5.74, 6) is 0.933. The Bertz CT molecular complexity index is 318. The van der Waals surface area contributed by atoms with E-state index >= 15 is 0 Å². The van der Waals surface area contributed by atoms with E-state index in [4.69, 9.17) is 5.73 Å². The molecule has 0 aliphatic heterocycles. The van der Waals surface area contributed by atoms with Gasteiger partial charge >= 0.3 is 0 Å². The minimum absolute atomic E-state index is 0.664. The molecular formula is C10H15N3. The second-order valence-corrected chi connectivity index (χ2v) is 3.71. The van der Waals surface area contributed by atoms with Crippen LogP contribution in [0.25, 0.3) is 0 Å². The molecule has 1 aliphatic rings. The van der Waals surface area contributed by atoms with Crippen molar-refractivity contribution < 1.29 is 0 Å². The van der Waals surface area contributed by atoms with Crippen LogP contribution in [0.3, 0.4) is 0 Å². The number of nitrogens with zero attached hydrogens (tertiary/aromatic N) is 2. The van der Waals surface area contributed by atoms with Crippen LogP contribution in [0.15, 0.2) is 12.1 Å². The Balaban J connectivity index is 2.31. The summed E-state index contributed by atoms with van der Waals surface area (Å²) >= 11 is 0. The van der Waals surface area contributed by atoms with Gasteiger partial charge in [-0.2, -0.15) is 0 Å². The Morgan fingerprint density at radius 3 is 2.77 bits per heavy atom. The van der Waals surface area contributed by atoms with Crippen molar-refractivity contribution in [1.82, 2.24) is 4.98 Å². The van der Waals surface area contributed by atoms with Crippen molar-refractivity contribution in [3.05, 3.63) is 17.8 Å². The summed E-state index contributed by atoms with van der Waals surface area (Å²) in [6.45, 7) is 1.99. The first-order valence-electron chi connectivity index (χ1n) is 4.64. The van der Waals surface area contributed by atoms with Crippen molar-refractivity contribution in [3.8, 4) is 0 Å². The highest BCUT2D eigenvalue weighted by atomic mass is 15.2. The van der Waals surface area contributed by atoms with Crippen molar-refractivity contribution in [2.24, 2.45) is 0 Å². The number of hydrogen-bond donors (Lipinski definition) is 1. The molecule has 1 saturated carbocycles. The van der Waals surface area contributed by atoms with Crippen molar-refractivity contribution in [2.75, 3.05) is 17.7 Å². The van der Waals surface area contributed by atoms with Gasteiger partial charge in [-0.25, -0.2) is 4.98 Å². The lowest BCUT2D eigenvalue weighted by molar-refractivity contribution is 0.889. The van der Waals surface area contributed by atoms with Crippen molar-refractivity contribution in [2.45, 2.75) is 25.8 Å². The molecule has 0 spiro atoms. The fraction of sp³-hybridized carbons (Fsp3) is 0.500. The summed E-state index contributed by atoms with van der Waals surface area (Å²) in [5, 5.41) is 0. The molecule has 3 heteroatoms. The topological polar surface area (TPSA) is 42.1 Å². The highest BCUT2D eigenvalue weighted by Crippen LogP contribution is 2.31. The molecule has 0 radical (unpaired) electrons. The third kappa shape index (κ3) is 1.59. The number of pyridine rings is 1. The van der Waals surface area contributed by atoms with E-state index in [1.54, 1.807) is 0 Å². The SMILES string of the molecule is Cc1ccc(N)c(N(C)C2CC2)n1. The van der Waals surface area contributed by atoms with E-state index in [1.165, 1.54) is 12.8 Å². The van der Waals surface area contributed by atoms with Gasteiger partial charge in [0.1, 0.15) is 0 Å². The van der Waals surface area contributed by atoms with Crippen LogP contribution in [-0.2, 0) is 0 Å². The fourth-order valence-corrected chi connectivity index (χ4v) is 1.47. The molecule has 0 atom stereocenters. The third-order valence-corrected chi connectivity index (χ3v) is 2.47. The molecule has 0 amide bonds. The van der Waals surface area contributed by atoms with Crippen molar-refractivity contribution in [1.29, 1.82) is 0 Å². The molecule has 1 aromatic rings. The Labute approximate surface area is 78.6 Å². The number of aryl methyl sites for hydroxylation is 1. The highest BCUT2D eigenvalue weighted by molar-refractivity contribution is 5.63. The summed E-state index contributed by atoms with van der Waals surface area (Å²) in [6.07, 6.45) is 2.54. The van der Waals surface area contributed by atoms with Gasteiger partial charge in [0.05, 0.1) is 5.69 Å². The van der Waals surface area contributed by atoms with Gasteiger partial charge in [0.2, 0.25) is 0 Å². The van der Waals surface area contributed by atoms with Crippen LogP contribution in [0.5, 0.6) is 0 Å². The molecule has 1 aliphatic carbocycles. The standard InChI is InChI=1S/C10H15N3/c1-7-3-6-9(11)10(12-7)13(2)8-4-5-8/h3,6,8H,4-5,11H2,1-2H3. The van der Waals surface area contributed by atoms with Crippen LogP contribution in [0.4, 0.5) is 11.5 Å². The Hall–Kier alpha value is -1.25. The maximum atomic E-state index is 5.85. The average Bonchev–Trinajstić information content (AvgIpc) is 2.91. The first-order chi connectivity index (χ1) is 6.18. The summed E-state index contributed by atoms with van der Waals surface area (Å²) < 4.78 is 0. The van der Waals surface area contributed by atoms with E-state index in [1.807, 2.05) is 19.1 Å². The predicted octanol–water partition coefficient (Wildman–Crippen LogP) is 1.57. The number of nitrogen functional groups attached to an aromatic ring is 1. The maximum absolute atomic E-state index is 5.85. The Kier molecular flexibility index (Phi) is 1.87. The zero-order chi connectivity index (χ0) is 9.42.